The maximum Gasteiger partial charge on any atom is 0.408 e. The van der Waals surface area contributed by atoms with Gasteiger partial charge in [-0.15, -0.1) is 0 Å². The van der Waals surface area contributed by atoms with Gasteiger partial charge >= 0.3 is 6.09 Å². The standard InChI is InChI=1S/C15H19NO3/c1-10(16-14(17)19-15(2,3)4)13-9-11-7-5-6-8-12(11)18-13/h5-10H,1-4H3,(H,16,17). The van der Waals surface area contributed by atoms with Crippen molar-refractivity contribution >= 4 is 17.1 Å². The molecule has 102 valence electrons. The quantitative estimate of drug-likeness (QED) is 0.888. The Labute approximate surface area is 112 Å². The van der Waals surface area contributed by atoms with E-state index in [0.29, 0.717) is 5.76 Å². The van der Waals surface area contributed by atoms with Crippen LogP contribution in [0.1, 0.15) is 39.5 Å². The van der Waals surface area contributed by atoms with Crippen molar-refractivity contribution in [3.05, 3.63) is 36.1 Å². The fraction of sp³-hybridized carbons (Fsp3) is 0.400. The number of ether oxygens (including phenoxy) is 1. The molecular formula is C15H19NO3. The van der Waals surface area contributed by atoms with E-state index in [9.17, 15) is 4.79 Å². The first-order valence-electron chi connectivity index (χ1n) is 6.33. The van der Waals surface area contributed by atoms with E-state index < -0.39 is 11.7 Å². The van der Waals surface area contributed by atoms with Gasteiger partial charge in [0, 0.05) is 5.39 Å². The molecule has 1 unspecified atom stereocenters. The third-order valence-electron chi connectivity index (χ3n) is 2.60. The second-order valence-electron chi connectivity index (χ2n) is 5.55. The molecule has 1 aromatic heterocycles. The number of rotatable bonds is 2. The first-order chi connectivity index (χ1) is 8.85. The average molecular weight is 261 g/mol. The molecule has 0 aliphatic heterocycles. The third-order valence-corrected chi connectivity index (χ3v) is 2.60. The van der Waals surface area contributed by atoms with E-state index in [1.165, 1.54) is 0 Å². The van der Waals surface area contributed by atoms with Gasteiger partial charge in [0.2, 0.25) is 0 Å². The van der Waals surface area contributed by atoms with Crippen molar-refractivity contribution in [1.82, 2.24) is 5.32 Å². The summed E-state index contributed by atoms with van der Waals surface area (Å²) < 4.78 is 10.9. The van der Waals surface area contributed by atoms with Gasteiger partial charge < -0.3 is 14.5 Å². The number of hydrogen-bond donors (Lipinski definition) is 1. The number of carbonyl (C=O) groups excluding carboxylic acids is 1. The Kier molecular flexibility index (Phi) is 3.51. The highest BCUT2D eigenvalue weighted by molar-refractivity contribution is 5.78. The smallest absolute Gasteiger partial charge is 0.408 e. The minimum absolute atomic E-state index is 0.234. The Morgan fingerprint density at radius 2 is 2.00 bits per heavy atom. The Morgan fingerprint density at radius 1 is 1.32 bits per heavy atom. The van der Waals surface area contributed by atoms with Gasteiger partial charge in [0.1, 0.15) is 16.9 Å². The van der Waals surface area contributed by atoms with Gasteiger partial charge in [-0.25, -0.2) is 4.79 Å². The van der Waals surface area contributed by atoms with E-state index in [-0.39, 0.29) is 6.04 Å². The maximum atomic E-state index is 11.7. The van der Waals surface area contributed by atoms with Crippen LogP contribution < -0.4 is 5.32 Å². The van der Waals surface area contributed by atoms with Gasteiger partial charge in [0.05, 0.1) is 6.04 Å². The molecule has 4 nitrogen and oxygen atoms in total. The summed E-state index contributed by atoms with van der Waals surface area (Å²) >= 11 is 0. The zero-order chi connectivity index (χ0) is 14.0. The van der Waals surface area contributed by atoms with Crippen molar-refractivity contribution in [3.63, 3.8) is 0 Å². The first-order valence-corrected chi connectivity index (χ1v) is 6.33. The molecule has 0 bridgehead atoms. The van der Waals surface area contributed by atoms with E-state index in [0.717, 1.165) is 11.0 Å². The Bertz CT molecular complexity index is 547. The minimum Gasteiger partial charge on any atom is -0.459 e. The number of carbonyl (C=O) groups is 1. The highest BCUT2D eigenvalue weighted by Gasteiger charge is 2.19. The van der Waals surface area contributed by atoms with E-state index in [1.54, 1.807) is 0 Å². The minimum atomic E-state index is -0.502. The molecule has 1 amide bonds. The normalized spacial score (nSPS) is 13.3. The van der Waals surface area contributed by atoms with Crippen LogP contribution in [0.2, 0.25) is 0 Å². The lowest BCUT2D eigenvalue weighted by atomic mass is 10.2. The average Bonchev–Trinajstić information content (AvgIpc) is 2.69. The van der Waals surface area contributed by atoms with Crippen LogP contribution in [0, 0.1) is 0 Å². The summed E-state index contributed by atoms with van der Waals surface area (Å²) in [5.41, 5.74) is 0.313. The summed E-state index contributed by atoms with van der Waals surface area (Å²) in [6.07, 6.45) is -0.444. The third kappa shape index (κ3) is 3.50. The van der Waals surface area contributed by atoms with Gasteiger partial charge in [-0.3, -0.25) is 0 Å². The summed E-state index contributed by atoms with van der Waals surface area (Å²) in [4.78, 5) is 11.7. The summed E-state index contributed by atoms with van der Waals surface area (Å²) in [6.45, 7) is 7.36. The molecule has 0 spiro atoms. The largest absolute Gasteiger partial charge is 0.459 e. The molecule has 0 radical (unpaired) electrons. The summed E-state index contributed by atoms with van der Waals surface area (Å²) in [6, 6.07) is 9.44. The van der Waals surface area contributed by atoms with Gasteiger partial charge in [0.25, 0.3) is 0 Å². The number of benzene rings is 1. The lowest BCUT2D eigenvalue weighted by Gasteiger charge is -2.21. The molecule has 1 aromatic carbocycles. The summed E-state index contributed by atoms with van der Waals surface area (Å²) in [5.74, 6) is 0.715. The summed E-state index contributed by atoms with van der Waals surface area (Å²) in [5, 5.41) is 3.78. The van der Waals surface area contributed by atoms with Gasteiger partial charge in [-0.05, 0) is 39.8 Å². The molecule has 2 aromatic rings. The van der Waals surface area contributed by atoms with Crippen LogP contribution in [0.25, 0.3) is 11.0 Å². The number of nitrogens with one attached hydrogen (secondary N) is 1. The predicted molar refractivity (Wildman–Crippen MR) is 74.0 cm³/mol. The molecular weight excluding hydrogens is 242 g/mol. The van der Waals surface area contributed by atoms with Crippen molar-refractivity contribution in [2.45, 2.75) is 39.3 Å². The highest BCUT2D eigenvalue weighted by atomic mass is 16.6. The zero-order valence-corrected chi connectivity index (χ0v) is 11.7. The van der Waals surface area contributed by atoms with Crippen LogP contribution in [-0.2, 0) is 4.74 Å². The molecule has 19 heavy (non-hydrogen) atoms. The highest BCUT2D eigenvalue weighted by Crippen LogP contribution is 2.23. The van der Waals surface area contributed by atoms with Crippen LogP contribution in [0.3, 0.4) is 0 Å². The van der Waals surface area contributed by atoms with Crippen LogP contribution in [0.15, 0.2) is 34.7 Å². The van der Waals surface area contributed by atoms with Crippen molar-refractivity contribution < 1.29 is 13.9 Å². The molecule has 0 saturated carbocycles. The number of amides is 1. The van der Waals surface area contributed by atoms with Crippen LogP contribution in [0.5, 0.6) is 0 Å². The van der Waals surface area contributed by atoms with Gasteiger partial charge in [0.15, 0.2) is 0 Å². The Morgan fingerprint density at radius 3 is 2.63 bits per heavy atom. The molecule has 4 heteroatoms. The first kappa shape index (κ1) is 13.5. The van der Waals surface area contributed by atoms with Crippen molar-refractivity contribution in [2.75, 3.05) is 0 Å². The molecule has 0 saturated heterocycles. The molecule has 1 atom stereocenters. The molecule has 0 aliphatic rings. The fourth-order valence-electron chi connectivity index (χ4n) is 1.77. The van der Waals surface area contributed by atoms with Crippen molar-refractivity contribution in [2.24, 2.45) is 0 Å². The lowest BCUT2D eigenvalue weighted by molar-refractivity contribution is 0.0502. The van der Waals surface area contributed by atoms with Crippen LogP contribution >= 0.6 is 0 Å². The number of para-hydroxylation sites is 1. The Balaban J connectivity index is 2.07. The van der Waals surface area contributed by atoms with E-state index in [2.05, 4.69) is 5.32 Å². The van der Waals surface area contributed by atoms with E-state index in [4.69, 9.17) is 9.15 Å². The van der Waals surface area contributed by atoms with Crippen LogP contribution in [-0.4, -0.2) is 11.7 Å². The van der Waals surface area contributed by atoms with Crippen molar-refractivity contribution in [1.29, 1.82) is 0 Å². The topological polar surface area (TPSA) is 51.5 Å². The molecule has 0 aliphatic carbocycles. The SMILES string of the molecule is CC(NC(=O)OC(C)(C)C)c1cc2ccccc2o1. The Hall–Kier alpha value is -1.97. The van der Waals surface area contributed by atoms with E-state index >= 15 is 0 Å². The predicted octanol–water partition coefficient (Wildman–Crippen LogP) is 4.02. The number of furan rings is 1. The maximum absolute atomic E-state index is 11.7. The second kappa shape index (κ2) is 4.96. The lowest BCUT2D eigenvalue weighted by Crippen LogP contribution is -2.33. The van der Waals surface area contributed by atoms with E-state index in [1.807, 2.05) is 58.0 Å². The molecule has 1 N–H and O–H groups in total. The van der Waals surface area contributed by atoms with Crippen molar-refractivity contribution in [3.8, 4) is 0 Å². The second-order valence-corrected chi connectivity index (χ2v) is 5.55. The van der Waals surface area contributed by atoms with Crippen LogP contribution in [0.4, 0.5) is 4.79 Å². The number of fused-ring (bicyclic) bond motifs is 1. The summed E-state index contributed by atoms with van der Waals surface area (Å²) in [7, 11) is 0. The number of alkyl carbamates (subject to hydrolysis) is 1. The molecule has 0 fully saturated rings. The monoisotopic (exact) mass is 261 g/mol. The van der Waals surface area contributed by atoms with Gasteiger partial charge in [-0.2, -0.15) is 0 Å². The fourth-order valence-corrected chi connectivity index (χ4v) is 1.77. The molecule has 2 rings (SSSR count). The molecule has 1 heterocycles. The van der Waals surface area contributed by atoms with Gasteiger partial charge in [-0.1, -0.05) is 18.2 Å². The zero-order valence-electron chi connectivity index (χ0n) is 11.7. The number of hydrogen-bond acceptors (Lipinski definition) is 3.